The minimum atomic E-state index is -0.304. The lowest BCUT2D eigenvalue weighted by molar-refractivity contribution is 0.0998. The van der Waals surface area contributed by atoms with Crippen molar-refractivity contribution in [2.45, 2.75) is 13.5 Å². The second kappa shape index (κ2) is 7.46. The SMILES string of the molecule is C#CCn1c(=NC(=O)c2ccc(C)cc2)sc2cc(OC)c(OC)cc21. The topological polar surface area (TPSA) is 52.8 Å². The number of fused-ring (bicyclic) bond motifs is 1. The van der Waals surface area contributed by atoms with Crippen molar-refractivity contribution in [3.8, 4) is 23.8 Å². The molecule has 3 aromatic rings. The van der Waals surface area contributed by atoms with Gasteiger partial charge in [0, 0.05) is 17.7 Å². The van der Waals surface area contributed by atoms with Gasteiger partial charge in [0.25, 0.3) is 5.91 Å². The van der Waals surface area contributed by atoms with E-state index in [9.17, 15) is 4.79 Å². The average molecular weight is 366 g/mol. The monoisotopic (exact) mass is 366 g/mol. The summed E-state index contributed by atoms with van der Waals surface area (Å²) in [5.41, 5.74) is 2.47. The summed E-state index contributed by atoms with van der Waals surface area (Å²) in [6.07, 6.45) is 5.52. The van der Waals surface area contributed by atoms with E-state index in [2.05, 4.69) is 10.9 Å². The molecule has 0 saturated carbocycles. The van der Waals surface area contributed by atoms with Crippen LogP contribution in [0.1, 0.15) is 15.9 Å². The fraction of sp³-hybridized carbons (Fsp3) is 0.200. The smallest absolute Gasteiger partial charge is 0.279 e. The van der Waals surface area contributed by atoms with Gasteiger partial charge in [-0.25, -0.2) is 0 Å². The number of aromatic nitrogens is 1. The van der Waals surface area contributed by atoms with Gasteiger partial charge in [-0.15, -0.1) is 6.42 Å². The van der Waals surface area contributed by atoms with Crippen LogP contribution in [0.5, 0.6) is 11.5 Å². The number of methoxy groups -OCH3 is 2. The molecule has 0 N–H and O–H groups in total. The molecule has 26 heavy (non-hydrogen) atoms. The Morgan fingerprint density at radius 1 is 1.19 bits per heavy atom. The first-order valence-corrected chi connectivity index (χ1v) is 8.73. The van der Waals surface area contributed by atoms with Crippen LogP contribution < -0.4 is 14.3 Å². The highest BCUT2D eigenvalue weighted by Crippen LogP contribution is 2.33. The van der Waals surface area contributed by atoms with Crippen LogP contribution in [-0.2, 0) is 6.54 Å². The second-order valence-electron chi connectivity index (χ2n) is 5.63. The zero-order valence-corrected chi connectivity index (χ0v) is 15.6. The molecule has 0 radical (unpaired) electrons. The summed E-state index contributed by atoms with van der Waals surface area (Å²) in [5.74, 6) is 3.52. The summed E-state index contributed by atoms with van der Waals surface area (Å²) in [6, 6.07) is 11.0. The minimum absolute atomic E-state index is 0.301. The number of aryl methyl sites for hydroxylation is 1. The van der Waals surface area contributed by atoms with Crippen molar-refractivity contribution in [1.29, 1.82) is 0 Å². The molecular weight excluding hydrogens is 348 g/mol. The van der Waals surface area contributed by atoms with Gasteiger partial charge in [0.2, 0.25) is 0 Å². The lowest BCUT2D eigenvalue weighted by atomic mass is 10.1. The highest BCUT2D eigenvalue weighted by atomic mass is 32.1. The standard InChI is InChI=1S/C20H18N2O3S/c1-5-10-22-15-11-16(24-3)17(25-4)12-18(15)26-20(22)21-19(23)14-8-6-13(2)7-9-14/h1,6-9,11-12H,10H2,2-4H3. The highest BCUT2D eigenvalue weighted by Gasteiger charge is 2.13. The molecule has 0 fully saturated rings. The maximum Gasteiger partial charge on any atom is 0.279 e. The largest absolute Gasteiger partial charge is 0.493 e. The molecule has 0 bridgehead atoms. The predicted molar refractivity (Wildman–Crippen MR) is 103 cm³/mol. The molecular formula is C20H18N2O3S. The van der Waals surface area contributed by atoms with Crippen molar-refractivity contribution in [3.05, 3.63) is 52.3 Å². The summed E-state index contributed by atoms with van der Waals surface area (Å²) >= 11 is 1.38. The van der Waals surface area contributed by atoms with Gasteiger partial charge in [-0.1, -0.05) is 35.0 Å². The van der Waals surface area contributed by atoms with Gasteiger partial charge in [0.15, 0.2) is 16.3 Å². The van der Waals surface area contributed by atoms with Gasteiger partial charge in [0.1, 0.15) is 0 Å². The van der Waals surface area contributed by atoms with Crippen LogP contribution in [0.25, 0.3) is 10.2 Å². The minimum Gasteiger partial charge on any atom is -0.493 e. The Hall–Kier alpha value is -3.04. The zero-order valence-electron chi connectivity index (χ0n) is 14.8. The molecule has 6 heteroatoms. The van der Waals surface area contributed by atoms with E-state index in [1.54, 1.807) is 26.4 Å². The fourth-order valence-corrected chi connectivity index (χ4v) is 3.61. The molecule has 5 nitrogen and oxygen atoms in total. The van der Waals surface area contributed by atoms with Crippen molar-refractivity contribution >= 4 is 27.5 Å². The molecule has 0 unspecified atom stereocenters. The maximum atomic E-state index is 12.5. The summed E-state index contributed by atoms with van der Waals surface area (Å²) in [6.45, 7) is 2.27. The molecule has 1 amide bonds. The highest BCUT2D eigenvalue weighted by molar-refractivity contribution is 7.16. The number of carbonyl (C=O) groups is 1. The molecule has 2 aromatic carbocycles. The predicted octanol–water partition coefficient (Wildman–Crippen LogP) is 3.40. The second-order valence-corrected chi connectivity index (χ2v) is 6.64. The van der Waals surface area contributed by atoms with E-state index < -0.39 is 0 Å². The number of benzene rings is 2. The number of rotatable bonds is 4. The van der Waals surface area contributed by atoms with Crippen molar-refractivity contribution in [3.63, 3.8) is 0 Å². The number of carbonyl (C=O) groups excluding carboxylic acids is 1. The molecule has 0 atom stereocenters. The third-order valence-electron chi connectivity index (χ3n) is 3.93. The number of nitrogens with zero attached hydrogens (tertiary/aromatic N) is 2. The summed E-state index contributed by atoms with van der Waals surface area (Å²) in [4.78, 5) is 17.4. The first kappa shape index (κ1) is 17.8. The number of amides is 1. The van der Waals surface area contributed by atoms with Crippen LogP contribution in [-0.4, -0.2) is 24.7 Å². The van der Waals surface area contributed by atoms with Crippen LogP contribution in [0.15, 0.2) is 41.4 Å². The summed E-state index contributed by atoms with van der Waals surface area (Å²) in [7, 11) is 3.16. The van der Waals surface area contributed by atoms with Crippen molar-refractivity contribution in [2.24, 2.45) is 4.99 Å². The number of hydrogen-bond donors (Lipinski definition) is 0. The Morgan fingerprint density at radius 2 is 1.85 bits per heavy atom. The van der Waals surface area contributed by atoms with Gasteiger partial charge < -0.3 is 14.0 Å². The Morgan fingerprint density at radius 3 is 2.46 bits per heavy atom. The zero-order chi connectivity index (χ0) is 18.7. The van der Waals surface area contributed by atoms with Crippen molar-refractivity contribution < 1.29 is 14.3 Å². The molecule has 1 aromatic heterocycles. The Labute approximate surface area is 155 Å². The van der Waals surface area contributed by atoms with Crippen LogP contribution in [0.4, 0.5) is 0 Å². The van der Waals surface area contributed by atoms with Gasteiger partial charge in [0.05, 0.1) is 31.0 Å². The third-order valence-corrected chi connectivity index (χ3v) is 4.97. The van der Waals surface area contributed by atoms with E-state index in [0.29, 0.717) is 28.4 Å². The first-order valence-electron chi connectivity index (χ1n) is 7.92. The molecule has 132 valence electrons. The fourth-order valence-electron chi connectivity index (χ4n) is 2.57. The van der Waals surface area contributed by atoms with Crippen LogP contribution in [0, 0.1) is 19.3 Å². The van der Waals surface area contributed by atoms with Gasteiger partial charge >= 0.3 is 0 Å². The molecule has 0 spiro atoms. The third kappa shape index (κ3) is 3.35. The van der Waals surface area contributed by atoms with Gasteiger partial charge in [-0.3, -0.25) is 4.79 Å². The first-order chi connectivity index (χ1) is 12.6. The van der Waals surface area contributed by atoms with Crippen molar-refractivity contribution in [1.82, 2.24) is 4.57 Å². The number of ether oxygens (including phenoxy) is 2. The van der Waals surface area contributed by atoms with E-state index in [-0.39, 0.29) is 5.91 Å². The van der Waals surface area contributed by atoms with E-state index >= 15 is 0 Å². The van der Waals surface area contributed by atoms with Crippen LogP contribution in [0.2, 0.25) is 0 Å². The van der Waals surface area contributed by atoms with E-state index in [0.717, 1.165) is 15.8 Å². The Bertz CT molecular complexity index is 1070. The van der Waals surface area contributed by atoms with Crippen LogP contribution >= 0.6 is 11.3 Å². The Balaban J connectivity index is 2.18. The molecule has 0 saturated heterocycles. The Kier molecular flexibility index (Phi) is 5.10. The number of thiazole rings is 1. The lowest BCUT2D eigenvalue weighted by Gasteiger charge is -2.08. The molecule has 0 aliphatic heterocycles. The van der Waals surface area contributed by atoms with Crippen molar-refractivity contribution in [2.75, 3.05) is 14.2 Å². The van der Waals surface area contributed by atoms with E-state index in [1.807, 2.05) is 35.8 Å². The van der Waals surface area contributed by atoms with E-state index in [4.69, 9.17) is 15.9 Å². The normalized spacial score (nSPS) is 11.4. The molecule has 1 heterocycles. The summed E-state index contributed by atoms with van der Waals surface area (Å²) in [5, 5.41) is 0. The van der Waals surface area contributed by atoms with E-state index in [1.165, 1.54) is 11.3 Å². The molecule has 0 aliphatic carbocycles. The van der Waals surface area contributed by atoms with Crippen LogP contribution in [0.3, 0.4) is 0 Å². The summed E-state index contributed by atoms with van der Waals surface area (Å²) < 4.78 is 13.5. The molecule has 3 rings (SSSR count). The number of hydrogen-bond acceptors (Lipinski definition) is 4. The number of terminal acetylenes is 1. The maximum absolute atomic E-state index is 12.5. The average Bonchev–Trinajstić information content (AvgIpc) is 2.97. The quantitative estimate of drug-likeness (QED) is 0.665. The van der Waals surface area contributed by atoms with Gasteiger partial charge in [-0.05, 0) is 19.1 Å². The van der Waals surface area contributed by atoms with Gasteiger partial charge in [-0.2, -0.15) is 4.99 Å². The lowest BCUT2D eigenvalue weighted by Crippen LogP contribution is -2.16. The molecule has 0 aliphatic rings.